The first-order chi connectivity index (χ1) is 7.31. The molecule has 1 aromatic rings. The van der Waals surface area contributed by atoms with Gasteiger partial charge in [0.05, 0.1) is 6.61 Å². The van der Waals surface area contributed by atoms with Crippen molar-refractivity contribution in [2.45, 2.75) is 6.92 Å². The van der Waals surface area contributed by atoms with Gasteiger partial charge in [-0.2, -0.15) is 0 Å². The van der Waals surface area contributed by atoms with Gasteiger partial charge in [0.15, 0.2) is 11.5 Å². The molecular formula is C12H12O3. The van der Waals surface area contributed by atoms with E-state index in [0.29, 0.717) is 23.7 Å². The average molecular weight is 204 g/mol. The molecule has 0 radical (unpaired) electrons. The van der Waals surface area contributed by atoms with Crippen molar-refractivity contribution in [2.75, 3.05) is 13.2 Å². The monoisotopic (exact) mass is 204 g/mol. The third-order valence-electron chi connectivity index (χ3n) is 1.71. The standard InChI is InChI=1S/C12H12O3/c1-3-7-15-12-8-10(9-13)5-6-11(12)14-4-2/h1,5-6,8-9H,4,7H2,2H3. The summed E-state index contributed by atoms with van der Waals surface area (Å²) in [5.41, 5.74) is 0.533. The molecule has 3 heteroatoms. The van der Waals surface area contributed by atoms with E-state index in [9.17, 15) is 4.79 Å². The molecular weight excluding hydrogens is 192 g/mol. The highest BCUT2D eigenvalue weighted by atomic mass is 16.5. The van der Waals surface area contributed by atoms with Crippen molar-refractivity contribution in [3.05, 3.63) is 23.8 Å². The molecule has 0 N–H and O–H groups in total. The quantitative estimate of drug-likeness (QED) is 0.543. The van der Waals surface area contributed by atoms with Crippen molar-refractivity contribution in [1.82, 2.24) is 0 Å². The molecule has 0 spiro atoms. The van der Waals surface area contributed by atoms with E-state index < -0.39 is 0 Å². The third-order valence-corrected chi connectivity index (χ3v) is 1.71. The maximum Gasteiger partial charge on any atom is 0.163 e. The molecule has 3 nitrogen and oxygen atoms in total. The maximum absolute atomic E-state index is 10.6. The predicted octanol–water partition coefficient (Wildman–Crippen LogP) is 1.91. The first-order valence-electron chi connectivity index (χ1n) is 4.60. The number of aldehydes is 1. The fourth-order valence-electron chi connectivity index (χ4n) is 1.10. The minimum atomic E-state index is 0.155. The molecule has 0 saturated heterocycles. The average Bonchev–Trinajstić information content (AvgIpc) is 2.28. The summed E-state index contributed by atoms with van der Waals surface area (Å²) in [5, 5.41) is 0. The van der Waals surface area contributed by atoms with Gasteiger partial charge in [-0.15, -0.1) is 6.42 Å². The van der Waals surface area contributed by atoms with E-state index in [4.69, 9.17) is 15.9 Å². The third kappa shape index (κ3) is 3.03. The van der Waals surface area contributed by atoms with Crippen LogP contribution >= 0.6 is 0 Å². The Morgan fingerprint density at radius 1 is 1.40 bits per heavy atom. The normalized spacial score (nSPS) is 9.07. The van der Waals surface area contributed by atoms with Gasteiger partial charge in [-0.05, 0) is 25.1 Å². The summed E-state index contributed by atoms with van der Waals surface area (Å²) < 4.78 is 10.6. The molecule has 1 rings (SSSR count). The number of carbonyl (C=O) groups is 1. The second-order valence-corrected chi connectivity index (χ2v) is 2.75. The highest BCUT2D eigenvalue weighted by Gasteiger charge is 2.05. The number of rotatable bonds is 5. The summed E-state index contributed by atoms with van der Waals surface area (Å²) in [7, 11) is 0. The zero-order valence-electron chi connectivity index (χ0n) is 8.53. The molecule has 0 aliphatic carbocycles. The van der Waals surface area contributed by atoms with E-state index in [0.717, 1.165) is 6.29 Å². The molecule has 0 aliphatic heterocycles. The van der Waals surface area contributed by atoms with Gasteiger partial charge in [0.2, 0.25) is 0 Å². The number of carbonyl (C=O) groups excluding carboxylic acids is 1. The molecule has 0 unspecified atom stereocenters. The van der Waals surface area contributed by atoms with Crippen LogP contribution in [0.2, 0.25) is 0 Å². The van der Waals surface area contributed by atoms with Crippen LogP contribution in [0.3, 0.4) is 0 Å². The predicted molar refractivity (Wildman–Crippen MR) is 57.3 cm³/mol. The second kappa shape index (κ2) is 5.71. The lowest BCUT2D eigenvalue weighted by Gasteiger charge is -2.10. The second-order valence-electron chi connectivity index (χ2n) is 2.75. The number of benzene rings is 1. The Morgan fingerprint density at radius 3 is 2.80 bits per heavy atom. The molecule has 15 heavy (non-hydrogen) atoms. The van der Waals surface area contributed by atoms with Gasteiger partial charge < -0.3 is 9.47 Å². The van der Waals surface area contributed by atoms with Crippen molar-refractivity contribution >= 4 is 6.29 Å². The largest absolute Gasteiger partial charge is 0.490 e. The van der Waals surface area contributed by atoms with Crippen molar-refractivity contribution < 1.29 is 14.3 Å². The van der Waals surface area contributed by atoms with Gasteiger partial charge in [-0.1, -0.05) is 5.92 Å². The Hall–Kier alpha value is -1.95. The van der Waals surface area contributed by atoms with Gasteiger partial charge in [-0.25, -0.2) is 0 Å². The summed E-state index contributed by atoms with van der Waals surface area (Å²) in [6.45, 7) is 2.56. The Kier molecular flexibility index (Phi) is 4.24. The molecule has 0 fully saturated rings. The summed E-state index contributed by atoms with van der Waals surface area (Å²) >= 11 is 0. The topological polar surface area (TPSA) is 35.5 Å². The van der Waals surface area contributed by atoms with Crippen LogP contribution in [0.15, 0.2) is 18.2 Å². The highest BCUT2D eigenvalue weighted by Crippen LogP contribution is 2.27. The lowest BCUT2D eigenvalue weighted by Crippen LogP contribution is -1.99. The van der Waals surface area contributed by atoms with Crippen molar-refractivity contribution in [1.29, 1.82) is 0 Å². The first kappa shape index (κ1) is 11.1. The summed E-state index contributed by atoms with van der Waals surface area (Å²) in [6, 6.07) is 4.97. The zero-order chi connectivity index (χ0) is 11.1. The Balaban J connectivity index is 2.94. The lowest BCUT2D eigenvalue weighted by molar-refractivity contribution is 0.112. The van der Waals surface area contributed by atoms with Crippen LogP contribution in [0.5, 0.6) is 11.5 Å². The van der Waals surface area contributed by atoms with E-state index in [-0.39, 0.29) is 6.61 Å². The van der Waals surface area contributed by atoms with Gasteiger partial charge in [-0.3, -0.25) is 4.79 Å². The van der Waals surface area contributed by atoms with Crippen LogP contribution in [0.1, 0.15) is 17.3 Å². The zero-order valence-corrected chi connectivity index (χ0v) is 8.53. The minimum Gasteiger partial charge on any atom is -0.490 e. The molecule has 0 atom stereocenters. The van der Waals surface area contributed by atoms with Gasteiger partial charge >= 0.3 is 0 Å². The fraction of sp³-hybridized carbons (Fsp3) is 0.250. The molecule has 0 aliphatic rings. The van der Waals surface area contributed by atoms with Crippen LogP contribution < -0.4 is 9.47 Å². The van der Waals surface area contributed by atoms with Crippen LogP contribution in [-0.4, -0.2) is 19.5 Å². The molecule has 0 saturated carbocycles. The number of hydrogen-bond donors (Lipinski definition) is 0. The molecule has 0 bridgehead atoms. The van der Waals surface area contributed by atoms with E-state index in [2.05, 4.69) is 5.92 Å². The van der Waals surface area contributed by atoms with Crippen molar-refractivity contribution in [3.63, 3.8) is 0 Å². The van der Waals surface area contributed by atoms with E-state index in [1.54, 1.807) is 18.2 Å². The van der Waals surface area contributed by atoms with Crippen LogP contribution in [0.4, 0.5) is 0 Å². The highest BCUT2D eigenvalue weighted by molar-refractivity contribution is 5.76. The number of terminal acetylenes is 1. The van der Waals surface area contributed by atoms with Crippen molar-refractivity contribution in [2.24, 2.45) is 0 Å². The molecule has 1 aromatic carbocycles. The molecule has 78 valence electrons. The van der Waals surface area contributed by atoms with Gasteiger partial charge in [0.25, 0.3) is 0 Å². The Morgan fingerprint density at radius 2 is 2.20 bits per heavy atom. The van der Waals surface area contributed by atoms with Crippen LogP contribution in [0.25, 0.3) is 0 Å². The summed E-state index contributed by atoms with van der Waals surface area (Å²) in [6.07, 6.45) is 5.83. The Bertz CT molecular complexity index is 377. The van der Waals surface area contributed by atoms with E-state index in [1.807, 2.05) is 6.92 Å². The SMILES string of the molecule is C#CCOc1cc(C=O)ccc1OCC. The molecule has 0 heterocycles. The molecule has 0 aromatic heterocycles. The van der Waals surface area contributed by atoms with Crippen LogP contribution in [0, 0.1) is 12.3 Å². The van der Waals surface area contributed by atoms with Crippen molar-refractivity contribution in [3.8, 4) is 23.8 Å². The number of hydrogen-bond acceptors (Lipinski definition) is 3. The van der Waals surface area contributed by atoms with Gasteiger partial charge in [0.1, 0.15) is 12.9 Å². The summed E-state index contributed by atoms with van der Waals surface area (Å²) in [5.74, 6) is 3.45. The maximum atomic E-state index is 10.6. The van der Waals surface area contributed by atoms with E-state index >= 15 is 0 Å². The summed E-state index contributed by atoms with van der Waals surface area (Å²) in [4.78, 5) is 10.6. The van der Waals surface area contributed by atoms with E-state index in [1.165, 1.54) is 0 Å². The van der Waals surface area contributed by atoms with Crippen LogP contribution in [-0.2, 0) is 0 Å². The smallest absolute Gasteiger partial charge is 0.163 e. The minimum absolute atomic E-state index is 0.155. The number of ether oxygens (including phenoxy) is 2. The lowest BCUT2D eigenvalue weighted by atomic mass is 10.2. The fourth-order valence-corrected chi connectivity index (χ4v) is 1.10. The van der Waals surface area contributed by atoms with Gasteiger partial charge in [0, 0.05) is 5.56 Å². The molecule has 0 amide bonds. The Labute approximate surface area is 89.0 Å². The first-order valence-corrected chi connectivity index (χ1v) is 4.60.